The Kier molecular flexibility index (Phi) is 13.7. The Morgan fingerprint density at radius 3 is 2.03 bits per heavy atom. The normalized spacial score (nSPS) is 12.2. The molecule has 2 N–H and O–H groups in total. The molecule has 0 radical (unpaired) electrons. The van der Waals surface area contributed by atoms with Crippen LogP contribution in [0.2, 0.25) is 0 Å². The highest BCUT2D eigenvalue weighted by Gasteiger charge is 2.22. The van der Waals surface area contributed by atoms with Crippen LogP contribution in [0.3, 0.4) is 0 Å². The average molecular weight is 514 g/mol. The third-order valence-electron chi connectivity index (χ3n) is 4.35. The molecule has 0 unspecified atom stereocenters. The molecule has 12 heteroatoms. The van der Waals surface area contributed by atoms with Crippen molar-refractivity contribution >= 4 is 24.4 Å². The summed E-state index contributed by atoms with van der Waals surface area (Å²) in [6, 6.07) is 3.18. The summed E-state index contributed by atoms with van der Waals surface area (Å²) in [5.41, 5.74) is 6.44. The lowest BCUT2D eigenvalue weighted by atomic mass is 10.1. The second kappa shape index (κ2) is 16.2. The fraction of sp³-hybridized carbons (Fsp3) is 0.583. The molecule has 0 spiro atoms. The summed E-state index contributed by atoms with van der Waals surface area (Å²) in [5, 5.41) is 0. The standard InChI is InChI=1S/C24H35NO11/c1-6-30-23(28)35-19-9-8-17(13-20(19)36-24(29)31-7-2)12-18(25)21(26)34-16(5)14-33-22(27)32-11-10-15(3)4/h8-9,13,15-16,18H,6-7,10-12,14,25H2,1-5H3/t16-,18-/m0/s1. The van der Waals surface area contributed by atoms with E-state index in [0.29, 0.717) is 17.9 Å². The third kappa shape index (κ3) is 12.2. The maximum atomic E-state index is 12.4. The largest absolute Gasteiger partial charge is 0.513 e. The highest BCUT2D eigenvalue weighted by Crippen LogP contribution is 2.30. The second-order valence-corrected chi connectivity index (χ2v) is 8.00. The van der Waals surface area contributed by atoms with Crippen LogP contribution in [0.25, 0.3) is 0 Å². The van der Waals surface area contributed by atoms with Crippen LogP contribution in [0.4, 0.5) is 14.4 Å². The minimum atomic E-state index is -1.09. The molecule has 0 amide bonds. The monoisotopic (exact) mass is 513 g/mol. The summed E-state index contributed by atoms with van der Waals surface area (Å²) in [4.78, 5) is 47.4. The summed E-state index contributed by atoms with van der Waals surface area (Å²) in [6.45, 7) is 8.94. The first-order valence-electron chi connectivity index (χ1n) is 11.6. The van der Waals surface area contributed by atoms with Gasteiger partial charge in [0.1, 0.15) is 18.8 Å². The van der Waals surface area contributed by atoms with Gasteiger partial charge in [-0.3, -0.25) is 4.79 Å². The molecule has 202 valence electrons. The van der Waals surface area contributed by atoms with E-state index in [-0.39, 0.29) is 44.3 Å². The highest BCUT2D eigenvalue weighted by atomic mass is 16.7. The van der Waals surface area contributed by atoms with Crippen molar-refractivity contribution in [3.05, 3.63) is 23.8 Å². The predicted octanol–water partition coefficient (Wildman–Crippen LogP) is 3.76. The van der Waals surface area contributed by atoms with E-state index in [1.807, 2.05) is 13.8 Å². The van der Waals surface area contributed by atoms with Gasteiger partial charge in [0.25, 0.3) is 0 Å². The molecule has 1 rings (SSSR count). The molecule has 0 aliphatic heterocycles. The number of benzene rings is 1. The van der Waals surface area contributed by atoms with Crippen LogP contribution in [-0.4, -0.2) is 63.0 Å². The van der Waals surface area contributed by atoms with E-state index in [2.05, 4.69) is 0 Å². The minimum absolute atomic E-state index is 0.00251. The van der Waals surface area contributed by atoms with Crippen molar-refractivity contribution < 1.29 is 52.3 Å². The van der Waals surface area contributed by atoms with Crippen molar-refractivity contribution in [1.82, 2.24) is 0 Å². The summed E-state index contributed by atoms with van der Waals surface area (Å²) in [7, 11) is 0. The molecule has 0 saturated carbocycles. The summed E-state index contributed by atoms with van der Waals surface area (Å²) in [5.74, 6) is -0.572. The van der Waals surface area contributed by atoms with Gasteiger partial charge >= 0.3 is 24.4 Å². The number of ether oxygens (including phenoxy) is 7. The van der Waals surface area contributed by atoms with Gasteiger partial charge in [-0.15, -0.1) is 0 Å². The van der Waals surface area contributed by atoms with Gasteiger partial charge in [-0.25, -0.2) is 14.4 Å². The maximum Gasteiger partial charge on any atom is 0.513 e. The number of nitrogens with two attached hydrogens (primary N) is 1. The van der Waals surface area contributed by atoms with Crippen LogP contribution in [0.15, 0.2) is 18.2 Å². The molecule has 1 aromatic rings. The Morgan fingerprint density at radius 1 is 0.833 bits per heavy atom. The first-order valence-corrected chi connectivity index (χ1v) is 11.6. The zero-order valence-electron chi connectivity index (χ0n) is 21.3. The molecule has 2 atom stereocenters. The average Bonchev–Trinajstić information content (AvgIpc) is 2.79. The Bertz CT molecular complexity index is 872. The molecule has 0 aliphatic rings. The molecule has 0 aromatic heterocycles. The van der Waals surface area contributed by atoms with Crippen molar-refractivity contribution in [2.75, 3.05) is 26.4 Å². The molecule has 0 aliphatic carbocycles. The molecule has 1 aromatic carbocycles. The molecular formula is C24H35NO11. The lowest BCUT2D eigenvalue weighted by molar-refractivity contribution is -0.152. The van der Waals surface area contributed by atoms with Gasteiger partial charge < -0.3 is 38.9 Å². The maximum absolute atomic E-state index is 12.4. The first kappa shape index (κ1) is 30.5. The van der Waals surface area contributed by atoms with E-state index in [1.165, 1.54) is 18.2 Å². The van der Waals surface area contributed by atoms with Gasteiger partial charge in [0.15, 0.2) is 11.5 Å². The van der Waals surface area contributed by atoms with Crippen molar-refractivity contribution in [3.8, 4) is 11.5 Å². The Morgan fingerprint density at radius 2 is 1.44 bits per heavy atom. The Hall–Kier alpha value is -3.54. The SMILES string of the molecule is CCOC(=O)Oc1ccc(C[C@H](N)C(=O)O[C@@H](C)COC(=O)OCCC(C)C)cc1OC(=O)OCC. The van der Waals surface area contributed by atoms with Gasteiger partial charge in [0.05, 0.1) is 19.8 Å². The van der Waals surface area contributed by atoms with Gasteiger partial charge in [0.2, 0.25) is 0 Å². The summed E-state index contributed by atoms with van der Waals surface area (Å²) >= 11 is 0. The van der Waals surface area contributed by atoms with E-state index in [1.54, 1.807) is 20.8 Å². The molecule has 0 saturated heterocycles. The molecule has 0 bridgehead atoms. The Labute approximate surface area is 210 Å². The number of hydrogen-bond acceptors (Lipinski definition) is 12. The predicted molar refractivity (Wildman–Crippen MR) is 126 cm³/mol. The number of hydrogen-bond donors (Lipinski definition) is 1. The second-order valence-electron chi connectivity index (χ2n) is 8.00. The molecule has 0 fully saturated rings. The lowest BCUT2D eigenvalue weighted by Crippen LogP contribution is -2.37. The number of carbonyl (C=O) groups is 4. The van der Waals surface area contributed by atoms with Crippen LogP contribution >= 0.6 is 0 Å². The van der Waals surface area contributed by atoms with Crippen LogP contribution in [0.1, 0.15) is 46.6 Å². The third-order valence-corrected chi connectivity index (χ3v) is 4.35. The van der Waals surface area contributed by atoms with E-state index in [4.69, 9.17) is 38.9 Å². The fourth-order valence-electron chi connectivity index (χ4n) is 2.58. The van der Waals surface area contributed by atoms with Gasteiger partial charge in [0, 0.05) is 0 Å². The zero-order chi connectivity index (χ0) is 27.1. The number of carbonyl (C=O) groups excluding carboxylic acids is 4. The molecule has 36 heavy (non-hydrogen) atoms. The minimum Gasteiger partial charge on any atom is -0.458 e. The Balaban J connectivity index is 2.71. The van der Waals surface area contributed by atoms with E-state index < -0.39 is 36.6 Å². The molecule has 12 nitrogen and oxygen atoms in total. The van der Waals surface area contributed by atoms with Crippen molar-refractivity contribution in [2.24, 2.45) is 11.7 Å². The summed E-state index contributed by atoms with van der Waals surface area (Å²) in [6.07, 6.45) is -2.89. The zero-order valence-corrected chi connectivity index (χ0v) is 21.3. The number of esters is 1. The van der Waals surface area contributed by atoms with Crippen LogP contribution in [-0.2, 0) is 34.9 Å². The van der Waals surface area contributed by atoms with Gasteiger partial charge in [-0.2, -0.15) is 0 Å². The van der Waals surface area contributed by atoms with Gasteiger partial charge in [-0.1, -0.05) is 19.9 Å². The van der Waals surface area contributed by atoms with Crippen LogP contribution < -0.4 is 15.2 Å². The molecule has 0 heterocycles. The quantitative estimate of drug-likeness (QED) is 0.231. The highest BCUT2D eigenvalue weighted by molar-refractivity contribution is 5.76. The van der Waals surface area contributed by atoms with E-state index >= 15 is 0 Å². The van der Waals surface area contributed by atoms with Gasteiger partial charge in [-0.05, 0) is 57.2 Å². The van der Waals surface area contributed by atoms with E-state index in [0.717, 1.165) is 0 Å². The lowest BCUT2D eigenvalue weighted by Gasteiger charge is -2.17. The van der Waals surface area contributed by atoms with Crippen molar-refractivity contribution in [1.29, 1.82) is 0 Å². The topological polar surface area (TPSA) is 159 Å². The summed E-state index contributed by atoms with van der Waals surface area (Å²) < 4.78 is 34.7. The number of rotatable bonds is 13. The van der Waals surface area contributed by atoms with Crippen LogP contribution in [0, 0.1) is 5.92 Å². The smallest absolute Gasteiger partial charge is 0.458 e. The fourth-order valence-corrected chi connectivity index (χ4v) is 2.58. The first-order chi connectivity index (χ1) is 17.0. The molecular weight excluding hydrogens is 478 g/mol. The van der Waals surface area contributed by atoms with E-state index in [9.17, 15) is 19.2 Å². The van der Waals surface area contributed by atoms with Crippen molar-refractivity contribution in [2.45, 2.75) is 59.6 Å². The van der Waals surface area contributed by atoms with Crippen LogP contribution in [0.5, 0.6) is 11.5 Å². The van der Waals surface area contributed by atoms with Crippen molar-refractivity contribution in [3.63, 3.8) is 0 Å².